The molecule has 0 aromatic rings. The highest BCUT2D eigenvalue weighted by Crippen LogP contribution is 2.02. The van der Waals surface area contributed by atoms with Gasteiger partial charge in [-0.05, 0) is 22.9 Å². The van der Waals surface area contributed by atoms with Crippen LogP contribution in [-0.2, 0) is 4.79 Å². The molecule has 4 nitrogen and oxygen atoms in total. The van der Waals surface area contributed by atoms with Crippen LogP contribution < -0.4 is 11.5 Å². The Bertz CT molecular complexity index is 137. The molecule has 0 saturated heterocycles. The number of nitrogens with zero attached hydrogens (tertiary/aromatic N) is 1. The van der Waals surface area contributed by atoms with Crippen LogP contribution >= 0.6 is 15.9 Å². The van der Waals surface area contributed by atoms with E-state index in [-0.39, 0.29) is 0 Å². The van der Waals surface area contributed by atoms with E-state index >= 15 is 0 Å². The SMILES string of the molecule is CC=NC(=O)C(N)(N)Br. The predicted molar refractivity (Wildman–Crippen MR) is 39.2 cm³/mol. The van der Waals surface area contributed by atoms with E-state index < -0.39 is 10.5 Å². The lowest BCUT2D eigenvalue weighted by atomic mass is 10.5. The summed E-state index contributed by atoms with van der Waals surface area (Å²) in [5, 5.41) is 0. The Morgan fingerprint density at radius 2 is 2.22 bits per heavy atom. The maximum Gasteiger partial charge on any atom is 0.291 e. The first-order valence-corrected chi connectivity index (χ1v) is 3.07. The van der Waals surface area contributed by atoms with Gasteiger partial charge in [0, 0.05) is 6.21 Å². The summed E-state index contributed by atoms with van der Waals surface area (Å²) in [6.07, 6.45) is 1.33. The van der Waals surface area contributed by atoms with E-state index in [1.54, 1.807) is 6.92 Å². The van der Waals surface area contributed by atoms with E-state index in [1.165, 1.54) is 6.21 Å². The monoisotopic (exact) mass is 193 g/mol. The zero-order valence-corrected chi connectivity index (χ0v) is 6.55. The van der Waals surface area contributed by atoms with Gasteiger partial charge >= 0.3 is 0 Å². The van der Waals surface area contributed by atoms with Gasteiger partial charge < -0.3 is 0 Å². The molecule has 0 spiro atoms. The van der Waals surface area contributed by atoms with Crippen LogP contribution in [0.3, 0.4) is 0 Å². The Labute approximate surface area is 61.4 Å². The number of nitrogens with two attached hydrogens (primary N) is 2. The average Bonchev–Trinajstić information content (AvgIpc) is 1.64. The van der Waals surface area contributed by atoms with Crippen molar-refractivity contribution in [2.45, 2.75) is 11.5 Å². The number of carbonyl (C=O) groups is 1. The van der Waals surface area contributed by atoms with Crippen LogP contribution in [0.2, 0.25) is 0 Å². The fourth-order valence-corrected chi connectivity index (χ4v) is 0.319. The van der Waals surface area contributed by atoms with Crippen molar-refractivity contribution in [1.82, 2.24) is 0 Å². The average molecular weight is 194 g/mol. The third-order valence-electron chi connectivity index (χ3n) is 0.574. The summed E-state index contributed by atoms with van der Waals surface area (Å²) >= 11 is 2.74. The fraction of sp³-hybridized carbons (Fsp3) is 0.500. The number of alkyl halides is 1. The highest BCUT2D eigenvalue weighted by atomic mass is 79.9. The zero-order valence-electron chi connectivity index (χ0n) is 4.97. The number of carbonyl (C=O) groups excluding carboxylic acids is 1. The van der Waals surface area contributed by atoms with E-state index in [1.807, 2.05) is 0 Å². The molecule has 4 N–H and O–H groups in total. The Hall–Kier alpha value is -0.260. The highest BCUT2D eigenvalue weighted by molar-refractivity contribution is 9.10. The largest absolute Gasteiger partial charge is 0.296 e. The minimum Gasteiger partial charge on any atom is -0.296 e. The first-order chi connectivity index (χ1) is 3.98. The maximum absolute atomic E-state index is 10.6. The quantitative estimate of drug-likeness (QED) is 0.257. The van der Waals surface area contributed by atoms with Crippen LogP contribution in [0.1, 0.15) is 6.92 Å². The lowest BCUT2D eigenvalue weighted by Gasteiger charge is -2.09. The molecule has 9 heavy (non-hydrogen) atoms. The normalized spacial score (nSPS) is 12.4. The van der Waals surface area contributed by atoms with Crippen LogP contribution in [0.25, 0.3) is 0 Å². The van der Waals surface area contributed by atoms with Crippen molar-refractivity contribution in [2.75, 3.05) is 0 Å². The standard InChI is InChI=1S/C4H8BrN3O/c1-2-8-3(9)4(5,6)7/h2H,6-7H2,1H3. The van der Waals surface area contributed by atoms with E-state index in [0.717, 1.165) is 0 Å². The van der Waals surface area contributed by atoms with E-state index in [4.69, 9.17) is 11.5 Å². The second-order valence-corrected chi connectivity index (χ2v) is 2.77. The Kier molecular flexibility index (Phi) is 2.96. The molecule has 0 aliphatic carbocycles. The first-order valence-electron chi connectivity index (χ1n) is 2.28. The summed E-state index contributed by atoms with van der Waals surface area (Å²) in [6.45, 7) is 1.61. The van der Waals surface area contributed by atoms with Crippen LogP contribution in [-0.4, -0.2) is 16.7 Å². The van der Waals surface area contributed by atoms with Gasteiger partial charge in [0.25, 0.3) is 5.91 Å². The van der Waals surface area contributed by atoms with Crippen molar-refractivity contribution in [3.8, 4) is 0 Å². The van der Waals surface area contributed by atoms with Crippen molar-refractivity contribution >= 4 is 28.1 Å². The molecule has 0 radical (unpaired) electrons. The summed E-state index contributed by atoms with van der Waals surface area (Å²) < 4.78 is -1.51. The third kappa shape index (κ3) is 3.34. The van der Waals surface area contributed by atoms with Gasteiger partial charge in [-0.2, -0.15) is 0 Å². The molecule has 0 aromatic carbocycles. The molecule has 0 rings (SSSR count). The van der Waals surface area contributed by atoms with Gasteiger partial charge in [0.05, 0.1) is 0 Å². The fourth-order valence-electron chi connectivity index (χ4n) is 0.216. The van der Waals surface area contributed by atoms with Crippen molar-refractivity contribution < 1.29 is 4.79 Å². The van der Waals surface area contributed by atoms with Crippen LogP contribution in [0, 0.1) is 0 Å². The van der Waals surface area contributed by atoms with Crippen molar-refractivity contribution in [3.05, 3.63) is 0 Å². The van der Waals surface area contributed by atoms with Gasteiger partial charge in [-0.1, -0.05) is 0 Å². The molecule has 0 aliphatic heterocycles. The van der Waals surface area contributed by atoms with Gasteiger partial charge in [-0.3, -0.25) is 16.3 Å². The van der Waals surface area contributed by atoms with Gasteiger partial charge in [0.2, 0.25) is 4.57 Å². The van der Waals surface area contributed by atoms with E-state index in [2.05, 4.69) is 20.9 Å². The smallest absolute Gasteiger partial charge is 0.291 e. The lowest BCUT2D eigenvalue weighted by Crippen LogP contribution is -2.49. The molecule has 0 atom stereocenters. The Balaban J connectivity index is 4.06. The van der Waals surface area contributed by atoms with E-state index in [9.17, 15) is 4.79 Å². The second kappa shape index (κ2) is 3.05. The Morgan fingerprint density at radius 1 is 1.78 bits per heavy atom. The van der Waals surface area contributed by atoms with Crippen LogP contribution in [0.5, 0.6) is 0 Å². The summed E-state index contributed by atoms with van der Waals surface area (Å²) in [5.41, 5.74) is 10.2. The van der Waals surface area contributed by atoms with Crippen molar-refractivity contribution in [3.63, 3.8) is 0 Å². The molecule has 0 fully saturated rings. The topological polar surface area (TPSA) is 81.5 Å². The van der Waals surface area contributed by atoms with Crippen molar-refractivity contribution in [1.29, 1.82) is 0 Å². The molecule has 0 heterocycles. The number of halogens is 1. The summed E-state index contributed by atoms with van der Waals surface area (Å²) in [6, 6.07) is 0. The number of rotatable bonds is 1. The molecule has 0 unspecified atom stereocenters. The molecule has 5 heteroatoms. The summed E-state index contributed by atoms with van der Waals surface area (Å²) in [4.78, 5) is 13.9. The number of amides is 1. The molecule has 0 bridgehead atoms. The van der Waals surface area contributed by atoms with Gasteiger partial charge in [-0.25, -0.2) is 4.99 Å². The van der Waals surface area contributed by atoms with Crippen molar-refractivity contribution in [2.24, 2.45) is 16.5 Å². The zero-order chi connectivity index (χ0) is 7.49. The minimum atomic E-state index is -1.51. The van der Waals surface area contributed by atoms with Gasteiger partial charge in [0.15, 0.2) is 0 Å². The van der Waals surface area contributed by atoms with Crippen LogP contribution in [0.4, 0.5) is 0 Å². The molecule has 52 valence electrons. The molecule has 1 amide bonds. The van der Waals surface area contributed by atoms with E-state index in [0.29, 0.717) is 0 Å². The molecular formula is C4H8BrN3O. The van der Waals surface area contributed by atoms with Crippen LogP contribution in [0.15, 0.2) is 4.99 Å². The molecule has 0 saturated carbocycles. The maximum atomic E-state index is 10.6. The molecule has 0 aliphatic rings. The summed E-state index contributed by atoms with van der Waals surface area (Å²) in [5.74, 6) is -0.593. The summed E-state index contributed by atoms with van der Waals surface area (Å²) in [7, 11) is 0. The lowest BCUT2D eigenvalue weighted by molar-refractivity contribution is -0.119. The molecule has 0 aromatic heterocycles. The van der Waals surface area contributed by atoms with Gasteiger partial charge in [0.1, 0.15) is 0 Å². The Morgan fingerprint density at radius 3 is 2.33 bits per heavy atom. The number of hydrogen-bond donors (Lipinski definition) is 2. The second-order valence-electron chi connectivity index (χ2n) is 1.46. The molecular weight excluding hydrogens is 186 g/mol. The minimum absolute atomic E-state index is 0.593. The number of hydrogen-bond acceptors (Lipinski definition) is 3. The highest BCUT2D eigenvalue weighted by Gasteiger charge is 2.23. The number of aliphatic imine (C=N–C) groups is 1. The predicted octanol–water partition coefficient (Wildman–Crippen LogP) is -0.430. The third-order valence-corrected chi connectivity index (χ3v) is 0.913. The van der Waals surface area contributed by atoms with Gasteiger partial charge in [-0.15, -0.1) is 0 Å². The first kappa shape index (κ1) is 8.74.